The minimum Gasteiger partial charge on any atom is -0.354 e. The van der Waals surface area contributed by atoms with Gasteiger partial charge in [-0.15, -0.1) is 0 Å². The molecule has 1 heterocycles. The van der Waals surface area contributed by atoms with Gasteiger partial charge in [0.1, 0.15) is 6.04 Å². The van der Waals surface area contributed by atoms with Gasteiger partial charge in [-0.05, 0) is 13.3 Å². The second-order valence-electron chi connectivity index (χ2n) is 4.68. The van der Waals surface area contributed by atoms with Gasteiger partial charge in [0.2, 0.25) is 5.91 Å². The van der Waals surface area contributed by atoms with E-state index in [2.05, 4.69) is 22.9 Å². The van der Waals surface area contributed by atoms with Crippen molar-refractivity contribution < 1.29 is 14.4 Å². The van der Waals surface area contributed by atoms with Crippen LogP contribution in [0.15, 0.2) is 0 Å². The Morgan fingerprint density at radius 2 is 2.11 bits per heavy atom. The van der Waals surface area contributed by atoms with E-state index in [4.69, 9.17) is 0 Å². The van der Waals surface area contributed by atoms with Crippen molar-refractivity contribution in [3.05, 3.63) is 0 Å². The molecule has 0 bridgehead atoms. The Labute approximate surface area is 107 Å². The van der Waals surface area contributed by atoms with Crippen LogP contribution in [0.3, 0.4) is 0 Å². The van der Waals surface area contributed by atoms with Gasteiger partial charge in [-0.1, -0.05) is 26.2 Å². The summed E-state index contributed by atoms with van der Waals surface area (Å²) >= 11 is 0. The summed E-state index contributed by atoms with van der Waals surface area (Å²) in [6, 6.07) is -1.17. The molecule has 1 fully saturated rings. The lowest BCUT2D eigenvalue weighted by atomic mass is 10.1. The van der Waals surface area contributed by atoms with Crippen molar-refractivity contribution in [2.24, 2.45) is 0 Å². The fourth-order valence-corrected chi connectivity index (χ4v) is 1.89. The normalized spacial score (nSPS) is 20.2. The second-order valence-corrected chi connectivity index (χ2v) is 4.68. The molecule has 0 spiro atoms. The van der Waals surface area contributed by atoms with Crippen molar-refractivity contribution in [2.45, 2.75) is 58.0 Å². The Hall–Kier alpha value is -1.59. The molecular formula is C12H21N3O3. The van der Waals surface area contributed by atoms with Crippen LogP contribution in [-0.4, -0.2) is 29.9 Å². The molecule has 0 aromatic rings. The first kappa shape index (κ1) is 14.5. The van der Waals surface area contributed by atoms with E-state index in [-0.39, 0.29) is 18.4 Å². The number of rotatable bonds is 7. The number of imide groups is 1. The number of unbranched alkanes of at least 4 members (excludes halogenated alkanes) is 2. The molecule has 4 amide bonds. The maximum atomic E-state index is 11.7. The van der Waals surface area contributed by atoms with Gasteiger partial charge >= 0.3 is 6.03 Å². The molecule has 2 atom stereocenters. The summed E-state index contributed by atoms with van der Waals surface area (Å²) in [6.07, 6.45) is 4.31. The summed E-state index contributed by atoms with van der Waals surface area (Å²) < 4.78 is 0. The summed E-state index contributed by atoms with van der Waals surface area (Å²) in [6.45, 7) is 4.07. The number of carbonyl (C=O) groups is 3. The maximum Gasteiger partial charge on any atom is 0.322 e. The number of amides is 4. The molecule has 3 N–H and O–H groups in total. The van der Waals surface area contributed by atoms with Crippen LogP contribution in [0.25, 0.3) is 0 Å². The lowest BCUT2D eigenvalue weighted by Gasteiger charge is -2.14. The molecule has 18 heavy (non-hydrogen) atoms. The van der Waals surface area contributed by atoms with E-state index < -0.39 is 18.0 Å². The summed E-state index contributed by atoms with van der Waals surface area (Å²) in [7, 11) is 0. The van der Waals surface area contributed by atoms with Crippen LogP contribution < -0.4 is 16.0 Å². The molecule has 0 aromatic heterocycles. The van der Waals surface area contributed by atoms with Crippen molar-refractivity contribution in [3.63, 3.8) is 0 Å². The van der Waals surface area contributed by atoms with Crippen molar-refractivity contribution in [3.8, 4) is 0 Å². The van der Waals surface area contributed by atoms with E-state index in [0.717, 1.165) is 25.7 Å². The van der Waals surface area contributed by atoms with Crippen molar-refractivity contribution in [1.29, 1.82) is 0 Å². The lowest BCUT2D eigenvalue weighted by molar-refractivity contribution is -0.126. The standard InChI is InChI=1S/C12H21N3O3/c1-3-4-5-6-8(2)13-10(16)7-9-11(17)15-12(18)14-9/h8-9H,3-7H2,1-2H3,(H,13,16)(H2,14,15,17,18)/t8-,9+/m0/s1. The third-order valence-electron chi connectivity index (χ3n) is 2.90. The Morgan fingerprint density at radius 1 is 1.39 bits per heavy atom. The largest absolute Gasteiger partial charge is 0.354 e. The highest BCUT2D eigenvalue weighted by molar-refractivity contribution is 6.05. The zero-order chi connectivity index (χ0) is 13.5. The van der Waals surface area contributed by atoms with Crippen molar-refractivity contribution >= 4 is 17.8 Å². The Bertz CT molecular complexity index is 331. The molecule has 0 unspecified atom stereocenters. The predicted octanol–water partition coefficient (Wildman–Crippen LogP) is 0.670. The van der Waals surface area contributed by atoms with E-state index in [1.807, 2.05) is 6.92 Å². The topological polar surface area (TPSA) is 87.3 Å². The molecule has 1 aliphatic heterocycles. The quantitative estimate of drug-likeness (QED) is 0.461. The monoisotopic (exact) mass is 255 g/mol. The highest BCUT2D eigenvalue weighted by Gasteiger charge is 2.31. The van der Waals surface area contributed by atoms with Crippen molar-refractivity contribution in [1.82, 2.24) is 16.0 Å². The van der Waals surface area contributed by atoms with Crippen LogP contribution in [0.1, 0.15) is 46.0 Å². The molecule has 1 aliphatic rings. The Kier molecular flexibility index (Phi) is 5.61. The molecule has 0 aromatic carbocycles. The van der Waals surface area contributed by atoms with E-state index in [0.29, 0.717) is 0 Å². The predicted molar refractivity (Wildman–Crippen MR) is 66.8 cm³/mol. The van der Waals surface area contributed by atoms with Crippen LogP contribution in [0.4, 0.5) is 4.79 Å². The number of carbonyl (C=O) groups excluding carboxylic acids is 3. The third-order valence-corrected chi connectivity index (χ3v) is 2.90. The number of urea groups is 1. The van der Waals surface area contributed by atoms with Crippen LogP contribution in [0.2, 0.25) is 0 Å². The van der Waals surface area contributed by atoms with Crippen LogP contribution in [0.5, 0.6) is 0 Å². The summed E-state index contributed by atoms with van der Waals surface area (Å²) in [5, 5.41) is 7.33. The van der Waals surface area contributed by atoms with E-state index in [1.54, 1.807) is 0 Å². The molecule has 6 heteroatoms. The van der Waals surface area contributed by atoms with Crippen LogP contribution in [-0.2, 0) is 9.59 Å². The summed E-state index contributed by atoms with van der Waals surface area (Å²) in [5.74, 6) is -0.643. The number of nitrogens with one attached hydrogen (secondary N) is 3. The van der Waals surface area contributed by atoms with E-state index >= 15 is 0 Å². The van der Waals surface area contributed by atoms with Gasteiger partial charge in [0.25, 0.3) is 5.91 Å². The fourth-order valence-electron chi connectivity index (χ4n) is 1.89. The molecule has 1 rings (SSSR count). The second kappa shape index (κ2) is 6.98. The van der Waals surface area contributed by atoms with Gasteiger partial charge < -0.3 is 10.6 Å². The van der Waals surface area contributed by atoms with Crippen LogP contribution >= 0.6 is 0 Å². The molecule has 0 radical (unpaired) electrons. The van der Waals surface area contributed by atoms with E-state index in [1.165, 1.54) is 0 Å². The summed E-state index contributed by atoms with van der Waals surface area (Å²) in [4.78, 5) is 33.8. The van der Waals surface area contributed by atoms with Crippen molar-refractivity contribution in [2.75, 3.05) is 0 Å². The van der Waals surface area contributed by atoms with Gasteiger partial charge in [0.15, 0.2) is 0 Å². The third kappa shape index (κ3) is 4.73. The minimum absolute atomic E-state index is 0.00427. The number of hydrogen-bond acceptors (Lipinski definition) is 3. The average Bonchev–Trinajstić information content (AvgIpc) is 2.57. The average molecular weight is 255 g/mol. The fraction of sp³-hybridized carbons (Fsp3) is 0.750. The van der Waals surface area contributed by atoms with Gasteiger partial charge in [0, 0.05) is 6.04 Å². The zero-order valence-electron chi connectivity index (χ0n) is 10.9. The Balaban J connectivity index is 2.24. The Morgan fingerprint density at radius 3 is 2.67 bits per heavy atom. The van der Waals surface area contributed by atoms with Gasteiger partial charge in [0.05, 0.1) is 6.42 Å². The van der Waals surface area contributed by atoms with Gasteiger partial charge in [-0.2, -0.15) is 0 Å². The molecule has 0 saturated carbocycles. The maximum absolute atomic E-state index is 11.7. The lowest BCUT2D eigenvalue weighted by Crippen LogP contribution is -2.39. The zero-order valence-corrected chi connectivity index (χ0v) is 10.9. The number of hydrogen-bond donors (Lipinski definition) is 3. The molecule has 6 nitrogen and oxygen atoms in total. The van der Waals surface area contributed by atoms with E-state index in [9.17, 15) is 14.4 Å². The highest BCUT2D eigenvalue weighted by atomic mass is 16.2. The SMILES string of the molecule is CCCCC[C@H](C)NC(=O)C[C@H]1NC(=O)NC1=O. The van der Waals surface area contributed by atoms with Gasteiger partial charge in [-0.25, -0.2) is 4.79 Å². The first-order chi connectivity index (χ1) is 8.52. The first-order valence-corrected chi connectivity index (χ1v) is 6.43. The first-order valence-electron chi connectivity index (χ1n) is 6.43. The molecule has 1 saturated heterocycles. The molecule has 0 aliphatic carbocycles. The summed E-state index contributed by atoms with van der Waals surface area (Å²) in [5.41, 5.74) is 0. The van der Waals surface area contributed by atoms with Gasteiger partial charge in [-0.3, -0.25) is 14.9 Å². The smallest absolute Gasteiger partial charge is 0.322 e. The molecular weight excluding hydrogens is 234 g/mol. The highest BCUT2D eigenvalue weighted by Crippen LogP contribution is 2.04. The van der Waals surface area contributed by atoms with Crippen LogP contribution in [0, 0.1) is 0 Å². The molecule has 102 valence electrons. The minimum atomic E-state index is -0.736.